The molecule has 0 unspecified atom stereocenters. The molecule has 2 aromatic carbocycles. The normalized spacial score (nSPS) is 10.6. The molecule has 106 valence electrons. The highest BCUT2D eigenvalue weighted by Gasteiger charge is 2.05. The highest BCUT2D eigenvalue weighted by molar-refractivity contribution is 7.14. The number of anilines is 3. The number of thiazole rings is 1. The van der Waals surface area contributed by atoms with Crippen molar-refractivity contribution < 1.29 is 0 Å². The van der Waals surface area contributed by atoms with E-state index in [0.717, 1.165) is 27.8 Å². The smallest absolute Gasteiger partial charge is 0.187 e. The van der Waals surface area contributed by atoms with Gasteiger partial charge in [-0.2, -0.15) is 0 Å². The van der Waals surface area contributed by atoms with Crippen LogP contribution in [0.2, 0.25) is 0 Å². The molecule has 3 nitrogen and oxygen atoms in total. The van der Waals surface area contributed by atoms with Crippen molar-refractivity contribution in [2.24, 2.45) is 0 Å². The number of hydrogen-bond donors (Lipinski definition) is 2. The van der Waals surface area contributed by atoms with E-state index in [-0.39, 0.29) is 0 Å². The zero-order valence-corrected chi connectivity index (χ0v) is 12.9. The van der Waals surface area contributed by atoms with Crippen molar-refractivity contribution in [3.8, 4) is 11.3 Å². The summed E-state index contributed by atoms with van der Waals surface area (Å²) >= 11 is 1.60. The summed E-state index contributed by atoms with van der Waals surface area (Å²) in [5.41, 5.74) is 12.1. The Morgan fingerprint density at radius 3 is 2.48 bits per heavy atom. The predicted octanol–water partition coefficient (Wildman–Crippen LogP) is 4.75. The van der Waals surface area contributed by atoms with E-state index in [1.807, 2.05) is 24.3 Å². The first kappa shape index (κ1) is 13.6. The Hall–Kier alpha value is -2.33. The summed E-state index contributed by atoms with van der Waals surface area (Å²) < 4.78 is 0. The van der Waals surface area contributed by atoms with Gasteiger partial charge in [0.25, 0.3) is 0 Å². The van der Waals surface area contributed by atoms with E-state index < -0.39 is 0 Å². The monoisotopic (exact) mass is 295 g/mol. The van der Waals surface area contributed by atoms with Crippen molar-refractivity contribution >= 4 is 27.8 Å². The second-order valence-corrected chi connectivity index (χ2v) is 5.94. The molecule has 3 rings (SSSR count). The van der Waals surface area contributed by atoms with Gasteiger partial charge in [-0.3, -0.25) is 0 Å². The summed E-state index contributed by atoms with van der Waals surface area (Å²) in [6.45, 7) is 4.23. The van der Waals surface area contributed by atoms with Gasteiger partial charge >= 0.3 is 0 Å². The molecule has 0 radical (unpaired) electrons. The Morgan fingerprint density at radius 1 is 1.00 bits per heavy atom. The van der Waals surface area contributed by atoms with Crippen LogP contribution in [0.1, 0.15) is 11.1 Å². The number of nitrogen functional groups attached to an aromatic ring is 1. The number of aryl methyl sites for hydroxylation is 2. The van der Waals surface area contributed by atoms with Gasteiger partial charge in [0.2, 0.25) is 0 Å². The average molecular weight is 295 g/mol. The lowest BCUT2D eigenvalue weighted by Crippen LogP contribution is -1.91. The molecule has 1 aromatic heterocycles. The van der Waals surface area contributed by atoms with Crippen LogP contribution in [0, 0.1) is 13.8 Å². The number of nitrogens with two attached hydrogens (primary N) is 1. The molecule has 0 amide bonds. The first-order valence-electron chi connectivity index (χ1n) is 6.77. The van der Waals surface area contributed by atoms with Crippen LogP contribution >= 0.6 is 11.3 Å². The minimum absolute atomic E-state index is 0.766. The predicted molar refractivity (Wildman–Crippen MR) is 91.2 cm³/mol. The molecule has 0 fully saturated rings. The van der Waals surface area contributed by atoms with Gasteiger partial charge in [0, 0.05) is 22.3 Å². The van der Waals surface area contributed by atoms with Crippen LogP contribution in [0.5, 0.6) is 0 Å². The van der Waals surface area contributed by atoms with Crippen molar-refractivity contribution in [3.05, 3.63) is 59.0 Å². The minimum Gasteiger partial charge on any atom is -0.399 e. The fraction of sp³-hybridized carbons (Fsp3) is 0.118. The van der Waals surface area contributed by atoms with Gasteiger partial charge < -0.3 is 11.1 Å². The zero-order valence-electron chi connectivity index (χ0n) is 12.1. The van der Waals surface area contributed by atoms with Gasteiger partial charge in [-0.05, 0) is 49.2 Å². The van der Waals surface area contributed by atoms with Crippen LogP contribution in [0.15, 0.2) is 47.8 Å². The van der Waals surface area contributed by atoms with Crippen molar-refractivity contribution in [1.29, 1.82) is 0 Å². The van der Waals surface area contributed by atoms with E-state index in [1.54, 1.807) is 11.3 Å². The lowest BCUT2D eigenvalue weighted by Gasteiger charge is -2.05. The van der Waals surface area contributed by atoms with Crippen LogP contribution in [0.4, 0.5) is 16.5 Å². The number of rotatable bonds is 3. The highest BCUT2D eigenvalue weighted by Crippen LogP contribution is 2.28. The molecular formula is C17H17N3S. The molecule has 3 aromatic rings. The van der Waals surface area contributed by atoms with E-state index >= 15 is 0 Å². The molecule has 4 heteroatoms. The van der Waals surface area contributed by atoms with E-state index in [9.17, 15) is 0 Å². The van der Waals surface area contributed by atoms with Crippen LogP contribution < -0.4 is 11.1 Å². The molecule has 0 aliphatic carbocycles. The molecule has 0 bridgehead atoms. The number of aromatic nitrogens is 1. The molecule has 0 saturated heterocycles. The fourth-order valence-electron chi connectivity index (χ4n) is 2.06. The first-order valence-corrected chi connectivity index (χ1v) is 7.65. The molecule has 21 heavy (non-hydrogen) atoms. The Kier molecular flexibility index (Phi) is 3.62. The van der Waals surface area contributed by atoms with Crippen molar-refractivity contribution in [1.82, 2.24) is 4.98 Å². The van der Waals surface area contributed by atoms with E-state index in [0.29, 0.717) is 0 Å². The van der Waals surface area contributed by atoms with Crippen LogP contribution in [0.25, 0.3) is 11.3 Å². The summed E-state index contributed by atoms with van der Waals surface area (Å²) in [5, 5.41) is 6.30. The first-order chi connectivity index (χ1) is 10.1. The lowest BCUT2D eigenvalue weighted by atomic mass is 10.1. The molecule has 0 atom stereocenters. The Labute approximate surface area is 128 Å². The minimum atomic E-state index is 0.766. The molecular weight excluding hydrogens is 278 g/mol. The molecule has 0 aliphatic heterocycles. The van der Waals surface area contributed by atoms with Gasteiger partial charge in [-0.25, -0.2) is 4.98 Å². The van der Waals surface area contributed by atoms with Gasteiger partial charge in [0.15, 0.2) is 5.13 Å². The Balaban J connectivity index is 1.81. The Bertz CT molecular complexity index is 760. The third-order valence-corrected chi connectivity index (χ3v) is 4.23. The number of nitrogens with zero attached hydrogens (tertiary/aromatic N) is 1. The standard InChI is InChI=1S/C17H17N3S/c1-11-3-8-15(9-12(11)2)19-17-20-16(10-21-17)13-4-6-14(18)7-5-13/h3-10H,18H2,1-2H3,(H,19,20). The SMILES string of the molecule is Cc1ccc(Nc2nc(-c3ccc(N)cc3)cs2)cc1C. The second kappa shape index (κ2) is 5.58. The molecule has 0 saturated carbocycles. The van der Waals surface area contributed by atoms with E-state index in [2.05, 4.69) is 47.7 Å². The maximum atomic E-state index is 5.71. The molecule has 3 N–H and O–H groups in total. The van der Waals surface area contributed by atoms with Crippen LogP contribution in [-0.2, 0) is 0 Å². The quantitative estimate of drug-likeness (QED) is 0.685. The summed E-state index contributed by atoms with van der Waals surface area (Å²) in [4.78, 5) is 4.62. The van der Waals surface area contributed by atoms with Gasteiger partial charge in [0.05, 0.1) is 5.69 Å². The van der Waals surface area contributed by atoms with Crippen LogP contribution in [-0.4, -0.2) is 4.98 Å². The topological polar surface area (TPSA) is 50.9 Å². The third kappa shape index (κ3) is 3.06. The molecule has 0 spiro atoms. The second-order valence-electron chi connectivity index (χ2n) is 5.08. The lowest BCUT2D eigenvalue weighted by molar-refractivity contribution is 1.33. The van der Waals surface area contributed by atoms with E-state index in [1.165, 1.54) is 11.1 Å². The van der Waals surface area contributed by atoms with Crippen molar-refractivity contribution in [2.45, 2.75) is 13.8 Å². The summed E-state index contributed by atoms with van der Waals surface area (Å²) in [6, 6.07) is 14.1. The van der Waals surface area contributed by atoms with E-state index in [4.69, 9.17) is 5.73 Å². The van der Waals surface area contributed by atoms with Crippen molar-refractivity contribution in [2.75, 3.05) is 11.1 Å². The number of nitrogens with one attached hydrogen (secondary N) is 1. The van der Waals surface area contributed by atoms with Gasteiger partial charge in [-0.1, -0.05) is 18.2 Å². The van der Waals surface area contributed by atoms with Crippen LogP contribution in [0.3, 0.4) is 0 Å². The summed E-state index contributed by atoms with van der Waals surface area (Å²) in [6.07, 6.45) is 0. The number of hydrogen-bond acceptors (Lipinski definition) is 4. The maximum Gasteiger partial charge on any atom is 0.187 e. The average Bonchev–Trinajstić information content (AvgIpc) is 2.92. The zero-order chi connectivity index (χ0) is 14.8. The maximum absolute atomic E-state index is 5.71. The molecule has 1 heterocycles. The summed E-state index contributed by atoms with van der Waals surface area (Å²) in [7, 11) is 0. The summed E-state index contributed by atoms with van der Waals surface area (Å²) in [5.74, 6) is 0. The number of benzene rings is 2. The third-order valence-electron chi connectivity index (χ3n) is 3.47. The molecule has 0 aliphatic rings. The largest absolute Gasteiger partial charge is 0.399 e. The van der Waals surface area contributed by atoms with Gasteiger partial charge in [0.1, 0.15) is 0 Å². The van der Waals surface area contributed by atoms with Gasteiger partial charge in [-0.15, -0.1) is 11.3 Å². The van der Waals surface area contributed by atoms with Crippen molar-refractivity contribution in [3.63, 3.8) is 0 Å². The Morgan fingerprint density at radius 2 is 1.76 bits per heavy atom. The highest BCUT2D eigenvalue weighted by atomic mass is 32.1. The fourth-order valence-corrected chi connectivity index (χ4v) is 2.80.